The molecule has 2 aromatic rings. The number of carbonyl (C=O) groups excluding carboxylic acids is 1. The van der Waals surface area contributed by atoms with E-state index in [1.54, 1.807) is 6.20 Å². The predicted octanol–water partition coefficient (Wildman–Crippen LogP) is 3.19. The van der Waals surface area contributed by atoms with E-state index in [0.717, 1.165) is 45.1 Å². The number of hydrogen-bond donors (Lipinski definition) is 2. The molecular weight excluding hydrogens is 379 g/mol. The van der Waals surface area contributed by atoms with Crippen LogP contribution in [-0.4, -0.2) is 22.9 Å². The Morgan fingerprint density at radius 3 is 2.81 bits per heavy atom. The first-order chi connectivity index (χ1) is 10.1. The number of carbonyl (C=O) groups is 1. The molecule has 0 atom stereocenters. The topological polar surface area (TPSA) is 66.9 Å². The minimum Gasteiger partial charge on any atom is -0.373 e. The first-order valence-corrected chi connectivity index (χ1v) is 8.18. The highest BCUT2D eigenvalue weighted by Crippen LogP contribution is 2.32. The van der Waals surface area contributed by atoms with Gasteiger partial charge in [-0.15, -0.1) is 0 Å². The molecule has 21 heavy (non-hydrogen) atoms. The van der Waals surface area contributed by atoms with Crippen molar-refractivity contribution in [3.8, 4) is 0 Å². The van der Waals surface area contributed by atoms with E-state index in [4.69, 9.17) is 0 Å². The van der Waals surface area contributed by atoms with Crippen molar-refractivity contribution in [2.45, 2.75) is 26.2 Å². The Bertz CT molecular complexity index is 712. The molecule has 1 aliphatic carbocycles. The Morgan fingerprint density at radius 1 is 1.43 bits per heavy atom. The summed E-state index contributed by atoms with van der Waals surface area (Å²) in [5, 5.41) is 8.07. The summed E-state index contributed by atoms with van der Waals surface area (Å²) in [6.45, 7) is 2.09. The lowest BCUT2D eigenvalue weighted by Crippen LogP contribution is -2.14. The molecule has 0 spiro atoms. The molecule has 3 rings (SSSR count). The van der Waals surface area contributed by atoms with Crippen molar-refractivity contribution in [3.05, 3.63) is 21.5 Å². The van der Waals surface area contributed by atoms with Crippen molar-refractivity contribution in [2.24, 2.45) is 5.92 Å². The van der Waals surface area contributed by atoms with Crippen LogP contribution in [0.25, 0.3) is 10.8 Å². The molecule has 2 aromatic heterocycles. The number of aryl methyl sites for hydroxylation is 1. The zero-order valence-electron chi connectivity index (χ0n) is 12.0. The fourth-order valence-electron chi connectivity index (χ4n) is 2.29. The fourth-order valence-corrected chi connectivity index (χ4v) is 3.24. The van der Waals surface area contributed by atoms with Crippen molar-refractivity contribution in [2.75, 3.05) is 17.7 Å². The molecule has 110 valence electrons. The van der Waals surface area contributed by atoms with E-state index in [-0.39, 0.29) is 11.8 Å². The molecule has 1 aliphatic rings. The van der Waals surface area contributed by atoms with Crippen LogP contribution in [0.2, 0.25) is 0 Å². The predicted molar refractivity (Wildman–Crippen MR) is 92.5 cm³/mol. The SMILES string of the molecule is CCc1nc(NC)c2cnc(NC(=O)C3CC3)cc2c1I. The van der Waals surface area contributed by atoms with Crippen LogP contribution in [0.1, 0.15) is 25.5 Å². The number of rotatable bonds is 4. The molecule has 0 bridgehead atoms. The quantitative estimate of drug-likeness (QED) is 0.780. The number of nitrogens with zero attached hydrogens (tertiary/aromatic N) is 2. The van der Waals surface area contributed by atoms with Gasteiger partial charge in [0.1, 0.15) is 11.6 Å². The molecule has 0 radical (unpaired) electrons. The van der Waals surface area contributed by atoms with Gasteiger partial charge in [0, 0.05) is 33.5 Å². The number of pyridine rings is 2. The van der Waals surface area contributed by atoms with Crippen molar-refractivity contribution in [3.63, 3.8) is 0 Å². The number of amides is 1. The lowest BCUT2D eigenvalue weighted by Gasteiger charge is -2.12. The summed E-state index contributed by atoms with van der Waals surface area (Å²) in [6, 6.07) is 1.94. The standard InChI is InChI=1S/C15H17IN4O/c1-3-11-13(16)9-6-12(20-15(21)8-4-5-8)18-7-10(9)14(17-2)19-11/h6-8H,3-5H2,1-2H3,(H,17,19)(H,18,20,21). The van der Waals surface area contributed by atoms with Crippen LogP contribution < -0.4 is 10.6 Å². The highest BCUT2D eigenvalue weighted by Gasteiger charge is 2.29. The van der Waals surface area contributed by atoms with E-state index in [2.05, 4.69) is 50.1 Å². The summed E-state index contributed by atoms with van der Waals surface area (Å²) in [5.41, 5.74) is 1.05. The minimum absolute atomic E-state index is 0.0791. The van der Waals surface area contributed by atoms with Gasteiger partial charge >= 0.3 is 0 Å². The van der Waals surface area contributed by atoms with Crippen LogP contribution in [0.3, 0.4) is 0 Å². The van der Waals surface area contributed by atoms with Crippen LogP contribution >= 0.6 is 22.6 Å². The second kappa shape index (κ2) is 5.75. The normalized spacial score (nSPS) is 14.2. The monoisotopic (exact) mass is 396 g/mol. The smallest absolute Gasteiger partial charge is 0.228 e. The minimum atomic E-state index is 0.0791. The van der Waals surface area contributed by atoms with Crippen molar-refractivity contribution >= 4 is 50.9 Å². The second-order valence-electron chi connectivity index (χ2n) is 5.20. The van der Waals surface area contributed by atoms with Crippen LogP contribution in [0.5, 0.6) is 0 Å². The molecule has 2 N–H and O–H groups in total. The molecule has 0 saturated heterocycles. The van der Waals surface area contributed by atoms with Gasteiger partial charge in [0.2, 0.25) is 5.91 Å². The van der Waals surface area contributed by atoms with E-state index in [1.165, 1.54) is 0 Å². The average Bonchev–Trinajstić information content (AvgIpc) is 3.33. The number of hydrogen-bond acceptors (Lipinski definition) is 4. The van der Waals surface area contributed by atoms with E-state index in [0.29, 0.717) is 5.82 Å². The number of aromatic nitrogens is 2. The molecule has 0 aliphatic heterocycles. The third kappa shape index (κ3) is 2.81. The van der Waals surface area contributed by atoms with E-state index in [1.807, 2.05) is 13.1 Å². The molecule has 2 heterocycles. The van der Waals surface area contributed by atoms with Crippen LogP contribution in [0.4, 0.5) is 11.6 Å². The van der Waals surface area contributed by atoms with Crippen LogP contribution in [-0.2, 0) is 11.2 Å². The van der Waals surface area contributed by atoms with Gasteiger partial charge in [-0.2, -0.15) is 0 Å². The van der Waals surface area contributed by atoms with E-state index < -0.39 is 0 Å². The van der Waals surface area contributed by atoms with E-state index in [9.17, 15) is 4.79 Å². The van der Waals surface area contributed by atoms with E-state index >= 15 is 0 Å². The summed E-state index contributed by atoms with van der Waals surface area (Å²) < 4.78 is 1.12. The second-order valence-corrected chi connectivity index (χ2v) is 6.28. The van der Waals surface area contributed by atoms with Crippen molar-refractivity contribution < 1.29 is 4.79 Å². The van der Waals surface area contributed by atoms with Gasteiger partial charge in [0.05, 0.1) is 5.69 Å². The Morgan fingerprint density at radius 2 is 2.19 bits per heavy atom. The van der Waals surface area contributed by atoms with Crippen molar-refractivity contribution in [1.82, 2.24) is 9.97 Å². The number of fused-ring (bicyclic) bond motifs is 1. The zero-order chi connectivity index (χ0) is 15.0. The van der Waals surface area contributed by atoms with Gasteiger partial charge in [-0.3, -0.25) is 4.79 Å². The molecule has 1 saturated carbocycles. The number of anilines is 2. The summed E-state index contributed by atoms with van der Waals surface area (Å²) in [5.74, 6) is 1.70. The fraction of sp³-hybridized carbons (Fsp3) is 0.400. The Balaban J connectivity index is 2.06. The first-order valence-electron chi connectivity index (χ1n) is 7.10. The highest BCUT2D eigenvalue weighted by atomic mass is 127. The van der Waals surface area contributed by atoms with Gasteiger partial charge in [-0.05, 0) is 47.9 Å². The molecule has 0 unspecified atom stereocenters. The molecule has 6 heteroatoms. The summed E-state index contributed by atoms with van der Waals surface area (Å²) in [4.78, 5) is 20.8. The molecule has 1 fully saturated rings. The molecule has 1 amide bonds. The Hall–Kier alpha value is -1.44. The lowest BCUT2D eigenvalue weighted by molar-refractivity contribution is -0.117. The third-order valence-electron chi connectivity index (χ3n) is 3.67. The van der Waals surface area contributed by atoms with Gasteiger partial charge in [-0.1, -0.05) is 6.92 Å². The van der Waals surface area contributed by atoms with Gasteiger partial charge < -0.3 is 10.6 Å². The number of halogens is 1. The summed E-state index contributed by atoms with van der Waals surface area (Å²) in [7, 11) is 1.86. The van der Waals surface area contributed by atoms with Crippen LogP contribution in [0.15, 0.2) is 12.3 Å². The maximum atomic E-state index is 11.9. The van der Waals surface area contributed by atoms with Crippen LogP contribution in [0, 0.1) is 9.49 Å². The summed E-state index contributed by atoms with van der Waals surface area (Å²) >= 11 is 2.32. The zero-order valence-corrected chi connectivity index (χ0v) is 14.2. The van der Waals surface area contributed by atoms with Crippen molar-refractivity contribution in [1.29, 1.82) is 0 Å². The summed E-state index contributed by atoms with van der Waals surface area (Å²) in [6.07, 6.45) is 4.63. The van der Waals surface area contributed by atoms with Gasteiger partial charge in [0.25, 0.3) is 0 Å². The number of nitrogens with one attached hydrogen (secondary N) is 2. The van der Waals surface area contributed by atoms with Gasteiger partial charge in [-0.25, -0.2) is 9.97 Å². The maximum Gasteiger partial charge on any atom is 0.228 e. The largest absolute Gasteiger partial charge is 0.373 e. The lowest BCUT2D eigenvalue weighted by atomic mass is 10.1. The maximum absolute atomic E-state index is 11.9. The third-order valence-corrected chi connectivity index (χ3v) is 4.87. The Labute approximate surface area is 137 Å². The van der Waals surface area contributed by atoms with Gasteiger partial charge in [0.15, 0.2) is 0 Å². The molecule has 5 nitrogen and oxygen atoms in total. The molecule has 0 aromatic carbocycles. The Kier molecular flexibility index (Phi) is 3.97. The highest BCUT2D eigenvalue weighted by molar-refractivity contribution is 14.1. The first kappa shape index (κ1) is 14.5. The average molecular weight is 396 g/mol. The molecular formula is C15H17IN4O.